The van der Waals surface area contributed by atoms with E-state index in [1.54, 1.807) is 12.1 Å². The highest BCUT2D eigenvalue weighted by Gasteiger charge is 2.45. The van der Waals surface area contributed by atoms with Gasteiger partial charge in [-0.1, -0.05) is 78.9 Å². The summed E-state index contributed by atoms with van der Waals surface area (Å²) < 4.78 is 9.10. The third kappa shape index (κ3) is 3.56. The lowest BCUT2D eigenvalue weighted by molar-refractivity contribution is -0.384. The fourth-order valence-corrected chi connectivity index (χ4v) is 5.00. The molecule has 6 nitrogen and oxygen atoms in total. The maximum atomic E-state index is 11.1. The Morgan fingerprint density at radius 1 is 0.750 bits per heavy atom. The van der Waals surface area contributed by atoms with Crippen LogP contribution in [0.2, 0.25) is 0 Å². The fraction of sp³-hybridized carbons (Fsp3) is 0.0667. The molecule has 0 saturated carbocycles. The SMILES string of the molecule is O=[N+]([O-])c1ccc(-n2cccc2[C@H]2Nc3ccccc3C(c3ccccc3)(c3ccccc3)O2)cc1. The van der Waals surface area contributed by atoms with Gasteiger partial charge in [0.2, 0.25) is 0 Å². The molecule has 1 atom stereocenters. The molecule has 2 heterocycles. The molecule has 0 radical (unpaired) electrons. The van der Waals surface area contributed by atoms with Crippen molar-refractivity contribution in [2.75, 3.05) is 5.32 Å². The van der Waals surface area contributed by atoms with E-state index in [4.69, 9.17) is 4.74 Å². The standard InChI is InChI=1S/C30H23N3O3/c34-33(35)25-19-17-24(18-20-25)32-21-9-16-28(32)29-31-27-15-8-7-14-26(27)30(36-29,22-10-3-1-4-11-22)23-12-5-2-6-13-23/h1-21,29,31H/t29-/m0/s1. The molecule has 0 unspecified atom stereocenters. The van der Waals surface area contributed by atoms with Crippen molar-refractivity contribution in [3.63, 3.8) is 0 Å². The normalized spacial score (nSPS) is 16.1. The summed E-state index contributed by atoms with van der Waals surface area (Å²) in [4.78, 5) is 10.7. The lowest BCUT2D eigenvalue weighted by Crippen LogP contribution is -2.41. The number of anilines is 1. The number of aromatic nitrogens is 1. The molecule has 0 amide bonds. The maximum absolute atomic E-state index is 11.1. The van der Waals surface area contributed by atoms with E-state index in [9.17, 15) is 10.1 Å². The van der Waals surface area contributed by atoms with Gasteiger partial charge >= 0.3 is 0 Å². The molecule has 1 aromatic heterocycles. The van der Waals surface area contributed by atoms with Gasteiger partial charge in [0.05, 0.1) is 10.6 Å². The Hall–Kier alpha value is -4.68. The number of non-ortho nitro benzene ring substituents is 1. The molecule has 1 aliphatic rings. The molecule has 0 fully saturated rings. The van der Waals surface area contributed by atoms with E-state index in [1.807, 2.05) is 71.4 Å². The Morgan fingerprint density at radius 3 is 2.00 bits per heavy atom. The van der Waals surface area contributed by atoms with Crippen molar-refractivity contribution in [3.05, 3.63) is 160 Å². The van der Waals surface area contributed by atoms with Crippen LogP contribution < -0.4 is 5.32 Å². The number of nitrogens with one attached hydrogen (secondary N) is 1. The molecule has 0 saturated heterocycles. The number of ether oxygens (including phenoxy) is 1. The largest absolute Gasteiger partial charge is 0.355 e. The van der Waals surface area contributed by atoms with Gasteiger partial charge in [-0.3, -0.25) is 10.1 Å². The van der Waals surface area contributed by atoms with Crippen molar-refractivity contribution in [2.24, 2.45) is 0 Å². The van der Waals surface area contributed by atoms with Crippen LogP contribution in [-0.2, 0) is 10.3 Å². The van der Waals surface area contributed by atoms with Crippen molar-refractivity contribution in [1.82, 2.24) is 4.57 Å². The van der Waals surface area contributed by atoms with E-state index >= 15 is 0 Å². The van der Waals surface area contributed by atoms with E-state index < -0.39 is 16.8 Å². The van der Waals surface area contributed by atoms with Gasteiger partial charge in [0.15, 0.2) is 6.23 Å². The third-order valence-electron chi connectivity index (χ3n) is 6.64. The highest BCUT2D eigenvalue weighted by atomic mass is 16.6. The summed E-state index contributed by atoms with van der Waals surface area (Å²) in [6.45, 7) is 0. The second kappa shape index (κ2) is 8.83. The Morgan fingerprint density at radius 2 is 1.36 bits per heavy atom. The summed E-state index contributed by atoms with van der Waals surface area (Å²) in [5.41, 5.74) is 4.99. The quantitative estimate of drug-likeness (QED) is 0.225. The van der Waals surface area contributed by atoms with Gasteiger partial charge in [0, 0.05) is 35.3 Å². The number of benzene rings is 4. The highest BCUT2D eigenvalue weighted by molar-refractivity contribution is 5.63. The predicted octanol–water partition coefficient (Wildman–Crippen LogP) is 6.82. The van der Waals surface area contributed by atoms with Gasteiger partial charge < -0.3 is 14.6 Å². The lowest BCUT2D eigenvalue weighted by Gasteiger charge is -2.44. The minimum atomic E-state index is -0.848. The minimum Gasteiger partial charge on any atom is -0.355 e. The molecule has 4 aromatic carbocycles. The Labute approximate surface area is 208 Å². The van der Waals surface area contributed by atoms with E-state index in [2.05, 4.69) is 41.7 Å². The Bertz CT molecular complexity index is 1470. The molecule has 6 heteroatoms. The monoisotopic (exact) mass is 473 g/mol. The average Bonchev–Trinajstić information content (AvgIpc) is 3.44. The molecule has 6 rings (SSSR count). The van der Waals surface area contributed by atoms with Crippen LogP contribution in [0.4, 0.5) is 11.4 Å². The van der Waals surface area contributed by atoms with E-state index in [0.29, 0.717) is 0 Å². The minimum absolute atomic E-state index is 0.0561. The molecule has 1 aliphatic heterocycles. The predicted molar refractivity (Wildman–Crippen MR) is 139 cm³/mol. The van der Waals surface area contributed by atoms with Crippen LogP contribution in [0.3, 0.4) is 0 Å². The van der Waals surface area contributed by atoms with Crippen LogP contribution >= 0.6 is 0 Å². The molecule has 1 N–H and O–H groups in total. The zero-order chi connectivity index (χ0) is 24.5. The topological polar surface area (TPSA) is 69.3 Å². The van der Waals surface area contributed by atoms with Crippen molar-refractivity contribution in [1.29, 1.82) is 0 Å². The van der Waals surface area contributed by atoms with Gasteiger partial charge in [-0.15, -0.1) is 0 Å². The number of nitrogens with zero attached hydrogens (tertiary/aromatic N) is 2. The second-order valence-corrected chi connectivity index (χ2v) is 8.68. The first-order valence-corrected chi connectivity index (χ1v) is 11.7. The summed E-state index contributed by atoms with van der Waals surface area (Å²) in [7, 11) is 0. The van der Waals surface area contributed by atoms with Crippen LogP contribution in [0.15, 0.2) is 128 Å². The second-order valence-electron chi connectivity index (χ2n) is 8.68. The van der Waals surface area contributed by atoms with E-state index in [-0.39, 0.29) is 5.69 Å². The molecule has 0 bridgehead atoms. The van der Waals surface area contributed by atoms with Crippen LogP contribution in [0.1, 0.15) is 28.6 Å². The summed E-state index contributed by atoms with van der Waals surface area (Å²) in [5.74, 6) is 0. The number of nitro groups is 1. The molecule has 176 valence electrons. The first-order valence-electron chi connectivity index (χ1n) is 11.7. The smallest absolute Gasteiger partial charge is 0.269 e. The summed E-state index contributed by atoms with van der Waals surface area (Å²) in [5, 5.41) is 14.7. The van der Waals surface area contributed by atoms with Gasteiger partial charge in [0.1, 0.15) is 5.60 Å². The summed E-state index contributed by atoms with van der Waals surface area (Å²) in [6.07, 6.45) is 1.44. The molecule has 0 aliphatic carbocycles. The number of para-hydroxylation sites is 1. The number of nitro benzene ring substituents is 1. The zero-order valence-electron chi connectivity index (χ0n) is 19.3. The van der Waals surface area contributed by atoms with Crippen LogP contribution in [0, 0.1) is 10.1 Å². The van der Waals surface area contributed by atoms with Crippen molar-refractivity contribution in [3.8, 4) is 5.69 Å². The van der Waals surface area contributed by atoms with Gasteiger partial charge in [-0.05, 0) is 41.5 Å². The first kappa shape index (κ1) is 21.8. The van der Waals surface area contributed by atoms with Gasteiger partial charge in [-0.25, -0.2) is 0 Å². The highest BCUT2D eigenvalue weighted by Crippen LogP contribution is 2.50. The van der Waals surface area contributed by atoms with Crippen molar-refractivity contribution >= 4 is 11.4 Å². The van der Waals surface area contributed by atoms with Crippen molar-refractivity contribution in [2.45, 2.75) is 11.8 Å². The summed E-state index contributed by atoms with van der Waals surface area (Å²) >= 11 is 0. The summed E-state index contributed by atoms with van der Waals surface area (Å²) in [6, 6.07) is 39.3. The van der Waals surface area contributed by atoms with Crippen LogP contribution in [0.25, 0.3) is 5.69 Å². The molecule has 5 aromatic rings. The van der Waals surface area contributed by atoms with Crippen molar-refractivity contribution < 1.29 is 9.66 Å². The fourth-order valence-electron chi connectivity index (χ4n) is 5.00. The lowest BCUT2D eigenvalue weighted by atomic mass is 9.78. The third-order valence-corrected chi connectivity index (χ3v) is 6.64. The van der Waals surface area contributed by atoms with Crippen LogP contribution in [-0.4, -0.2) is 9.49 Å². The van der Waals surface area contributed by atoms with Gasteiger partial charge in [0.25, 0.3) is 5.69 Å². The molecule has 0 spiro atoms. The molecule has 36 heavy (non-hydrogen) atoms. The Kier molecular flexibility index (Phi) is 5.36. The Balaban J connectivity index is 1.52. The van der Waals surface area contributed by atoms with Crippen LogP contribution in [0.5, 0.6) is 0 Å². The number of hydrogen-bond acceptors (Lipinski definition) is 4. The van der Waals surface area contributed by atoms with E-state index in [0.717, 1.165) is 33.8 Å². The van der Waals surface area contributed by atoms with Gasteiger partial charge in [-0.2, -0.15) is 0 Å². The molecular formula is C30H23N3O3. The zero-order valence-corrected chi connectivity index (χ0v) is 19.3. The number of hydrogen-bond donors (Lipinski definition) is 1. The number of rotatable bonds is 5. The maximum Gasteiger partial charge on any atom is 0.269 e. The first-order chi connectivity index (χ1) is 17.7. The molecular weight excluding hydrogens is 450 g/mol. The number of fused-ring (bicyclic) bond motifs is 1. The van der Waals surface area contributed by atoms with E-state index in [1.165, 1.54) is 12.1 Å². The average molecular weight is 474 g/mol.